The van der Waals surface area contributed by atoms with Crippen LogP contribution in [0.15, 0.2) is 72.1 Å². The van der Waals surface area contributed by atoms with E-state index in [-0.39, 0.29) is 30.7 Å². The van der Waals surface area contributed by atoms with Crippen LogP contribution in [0.5, 0.6) is 5.75 Å². The van der Waals surface area contributed by atoms with Gasteiger partial charge in [-0.2, -0.15) is 0 Å². The standard InChI is InChI=1S/C28H31N3O4S/c1-35-23-11-9-21(10-12-23)13-15-29-26(32)18-25-28(34)30(19-22-6-3-2-4-7-22)20-27(33)31(25)16-14-24-8-5-17-36-24/h2-12,17,25H,13-16,18-20H2,1H3,(H,29,32). The summed E-state index contributed by atoms with van der Waals surface area (Å²) in [6.45, 7) is 1.23. The number of benzene rings is 2. The van der Waals surface area contributed by atoms with Gasteiger partial charge in [-0.05, 0) is 47.5 Å². The predicted molar refractivity (Wildman–Crippen MR) is 140 cm³/mol. The lowest BCUT2D eigenvalue weighted by Gasteiger charge is -2.40. The van der Waals surface area contributed by atoms with Gasteiger partial charge in [-0.25, -0.2) is 0 Å². The molecule has 4 rings (SSSR count). The van der Waals surface area contributed by atoms with Crippen LogP contribution < -0.4 is 10.1 Å². The van der Waals surface area contributed by atoms with Gasteiger partial charge in [0.05, 0.1) is 13.5 Å². The molecule has 0 saturated carbocycles. The van der Waals surface area contributed by atoms with E-state index >= 15 is 0 Å². The number of hydrogen-bond acceptors (Lipinski definition) is 5. The molecule has 36 heavy (non-hydrogen) atoms. The van der Waals surface area contributed by atoms with Gasteiger partial charge in [-0.1, -0.05) is 48.5 Å². The smallest absolute Gasteiger partial charge is 0.246 e. The molecule has 1 saturated heterocycles. The molecule has 2 heterocycles. The molecule has 0 spiro atoms. The number of hydrogen-bond donors (Lipinski definition) is 1. The largest absolute Gasteiger partial charge is 0.497 e. The zero-order valence-corrected chi connectivity index (χ0v) is 21.2. The molecule has 3 aromatic rings. The summed E-state index contributed by atoms with van der Waals surface area (Å²) in [7, 11) is 1.62. The fraction of sp³-hybridized carbons (Fsp3) is 0.321. The number of piperazine rings is 1. The third-order valence-electron chi connectivity index (χ3n) is 6.29. The lowest BCUT2D eigenvalue weighted by atomic mass is 10.0. The van der Waals surface area contributed by atoms with Gasteiger partial charge in [0, 0.05) is 24.5 Å². The number of thiophene rings is 1. The summed E-state index contributed by atoms with van der Waals surface area (Å²) >= 11 is 1.62. The lowest BCUT2D eigenvalue weighted by Crippen LogP contribution is -2.60. The molecule has 1 unspecified atom stereocenters. The van der Waals surface area contributed by atoms with Gasteiger partial charge >= 0.3 is 0 Å². The summed E-state index contributed by atoms with van der Waals surface area (Å²) in [6.07, 6.45) is 1.27. The minimum Gasteiger partial charge on any atom is -0.497 e. The third kappa shape index (κ3) is 6.73. The molecule has 1 aromatic heterocycles. The Kier molecular flexibility index (Phi) is 8.73. The summed E-state index contributed by atoms with van der Waals surface area (Å²) < 4.78 is 5.18. The number of nitrogens with one attached hydrogen (secondary N) is 1. The molecule has 3 amide bonds. The van der Waals surface area contributed by atoms with Crippen LogP contribution in [0.2, 0.25) is 0 Å². The van der Waals surface area contributed by atoms with E-state index in [1.165, 1.54) is 0 Å². The Balaban J connectivity index is 1.40. The second-order valence-electron chi connectivity index (χ2n) is 8.76. The van der Waals surface area contributed by atoms with Gasteiger partial charge < -0.3 is 19.9 Å². The average Bonchev–Trinajstić information content (AvgIpc) is 3.41. The third-order valence-corrected chi connectivity index (χ3v) is 7.22. The number of carbonyl (C=O) groups excluding carboxylic acids is 3. The van der Waals surface area contributed by atoms with Crippen molar-refractivity contribution >= 4 is 29.1 Å². The fourth-order valence-electron chi connectivity index (χ4n) is 4.34. The summed E-state index contributed by atoms with van der Waals surface area (Å²) in [5, 5.41) is 4.91. The van der Waals surface area contributed by atoms with Crippen LogP contribution in [0.1, 0.15) is 22.4 Å². The molecule has 1 fully saturated rings. The topological polar surface area (TPSA) is 79.0 Å². The normalized spacial score (nSPS) is 15.8. The first-order valence-corrected chi connectivity index (χ1v) is 13.0. The molecular formula is C28H31N3O4S. The van der Waals surface area contributed by atoms with Crippen molar-refractivity contribution in [1.82, 2.24) is 15.1 Å². The lowest BCUT2D eigenvalue weighted by molar-refractivity contribution is -0.157. The number of methoxy groups -OCH3 is 1. The maximum Gasteiger partial charge on any atom is 0.246 e. The minimum atomic E-state index is -0.809. The highest BCUT2D eigenvalue weighted by Gasteiger charge is 2.40. The molecule has 1 atom stereocenters. The minimum absolute atomic E-state index is 0.0216. The first-order chi connectivity index (χ1) is 17.5. The van der Waals surface area contributed by atoms with E-state index in [0.29, 0.717) is 32.5 Å². The van der Waals surface area contributed by atoms with Gasteiger partial charge in [-0.15, -0.1) is 11.3 Å². The molecule has 1 aliphatic rings. The number of carbonyl (C=O) groups is 3. The Labute approximate surface area is 215 Å². The molecule has 188 valence electrons. The Hall–Kier alpha value is -3.65. The molecule has 8 heteroatoms. The quantitative estimate of drug-likeness (QED) is 0.434. The summed E-state index contributed by atoms with van der Waals surface area (Å²) in [5.41, 5.74) is 2.03. The van der Waals surface area contributed by atoms with Crippen molar-refractivity contribution in [2.45, 2.75) is 31.8 Å². The molecule has 0 bridgehead atoms. The van der Waals surface area contributed by atoms with Crippen molar-refractivity contribution in [2.75, 3.05) is 26.7 Å². The van der Waals surface area contributed by atoms with Crippen molar-refractivity contribution < 1.29 is 19.1 Å². The summed E-state index contributed by atoms with van der Waals surface area (Å²) in [6, 6.07) is 20.5. The molecule has 0 radical (unpaired) electrons. The Morgan fingerprint density at radius 2 is 1.78 bits per heavy atom. The molecule has 7 nitrogen and oxygen atoms in total. The second kappa shape index (κ2) is 12.4. The molecule has 1 N–H and O–H groups in total. The number of amides is 3. The first-order valence-electron chi connectivity index (χ1n) is 12.1. The van der Waals surface area contributed by atoms with Crippen LogP contribution in [0.3, 0.4) is 0 Å². The highest BCUT2D eigenvalue weighted by Crippen LogP contribution is 2.20. The maximum atomic E-state index is 13.5. The van der Waals surface area contributed by atoms with Crippen LogP contribution in [-0.4, -0.2) is 60.3 Å². The van der Waals surface area contributed by atoms with Gasteiger partial charge in [-0.3, -0.25) is 14.4 Å². The molecule has 1 aliphatic heterocycles. The zero-order chi connectivity index (χ0) is 25.3. The van der Waals surface area contributed by atoms with Gasteiger partial charge in [0.2, 0.25) is 17.7 Å². The first kappa shape index (κ1) is 25.4. The van der Waals surface area contributed by atoms with E-state index in [0.717, 1.165) is 21.8 Å². The van der Waals surface area contributed by atoms with E-state index in [9.17, 15) is 14.4 Å². The van der Waals surface area contributed by atoms with Crippen molar-refractivity contribution in [3.05, 3.63) is 88.1 Å². The number of rotatable bonds is 11. The fourth-order valence-corrected chi connectivity index (χ4v) is 5.04. The van der Waals surface area contributed by atoms with Crippen molar-refractivity contribution in [2.24, 2.45) is 0 Å². The molecule has 0 aliphatic carbocycles. The van der Waals surface area contributed by atoms with Crippen molar-refractivity contribution in [3.8, 4) is 5.75 Å². The van der Waals surface area contributed by atoms with E-state index in [1.54, 1.807) is 28.2 Å². The Morgan fingerprint density at radius 3 is 2.47 bits per heavy atom. The van der Waals surface area contributed by atoms with Crippen molar-refractivity contribution in [3.63, 3.8) is 0 Å². The van der Waals surface area contributed by atoms with Crippen LogP contribution in [-0.2, 0) is 33.8 Å². The van der Waals surface area contributed by atoms with E-state index in [4.69, 9.17) is 4.74 Å². The average molecular weight is 506 g/mol. The van der Waals surface area contributed by atoms with Crippen LogP contribution in [0.4, 0.5) is 0 Å². The van der Waals surface area contributed by atoms with Gasteiger partial charge in [0.15, 0.2) is 0 Å². The SMILES string of the molecule is COc1ccc(CCNC(=O)CC2C(=O)N(Cc3ccccc3)CC(=O)N2CCc2cccs2)cc1. The zero-order valence-electron chi connectivity index (χ0n) is 20.4. The van der Waals surface area contributed by atoms with Crippen LogP contribution in [0.25, 0.3) is 0 Å². The Bertz CT molecular complexity index is 1150. The van der Waals surface area contributed by atoms with E-state index in [1.807, 2.05) is 72.1 Å². The monoisotopic (exact) mass is 505 g/mol. The summed E-state index contributed by atoms with van der Waals surface area (Å²) in [5.74, 6) is 0.233. The number of nitrogens with zero attached hydrogens (tertiary/aromatic N) is 2. The number of ether oxygens (including phenoxy) is 1. The molecular weight excluding hydrogens is 474 g/mol. The Morgan fingerprint density at radius 1 is 1.00 bits per heavy atom. The van der Waals surface area contributed by atoms with Crippen molar-refractivity contribution in [1.29, 1.82) is 0 Å². The maximum absolute atomic E-state index is 13.5. The van der Waals surface area contributed by atoms with Crippen LogP contribution in [0, 0.1) is 0 Å². The van der Waals surface area contributed by atoms with Gasteiger partial charge in [0.25, 0.3) is 0 Å². The predicted octanol–water partition coefficient (Wildman–Crippen LogP) is 3.29. The van der Waals surface area contributed by atoms with E-state index < -0.39 is 6.04 Å². The highest BCUT2D eigenvalue weighted by molar-refractivity contribution is 7.09. The van der Waals surface area contributed by atoms with E-state index in [2.05, 4.69) is 5.32 Å². The second-order valence-corrected chi connectivity index (χ2v) is 9.80. The summed E-state index contributed by atoms with van der Waals surface area (Å²) in [4.78, 5) is 43.8. The van der Waals surface area contributed by atoms with Crippen LogP contribution >= 0.6 is 11.3 Å². The highest BCUT2D eigenvalue weighted by atomic mass is 32.1. The van der Waals surface area contributed by atoms with Gasteiger partial charge in [0.1, 0.15) is 18.3 Å². The molecule has 2 aromatic carbocycles.